The summed E-state index contributed by atoms with van der Waals surface area (Å²) in [6.45, 7) is 0. The molecule has 27 aromatic rings. The quantitative estimate of drug-likeness (QED) is 0.122. The maximum atomic E-state index is 9.97. The van der Waals surface area contributed by atoms with Crippen LogP contribution in [0.2, 0.25) is 0 Å². The standard InChI is InChI=1S/C47H31N3.C43H27N3.C34H22N4/c1-4-14-32(15-5-1)36-30-42(33-16-6-2-7-17-33)48-47(31-36)50-44-23-13-11-21-39(44)41-29-35(25-27-46(41)50)34-24-26-45-40(28-34)38-20-10-12-22-43(38)49(45)37-18-8-3-9-19-37;44-28-29-23-33(30-11-3-1-4-12-30)25-35(24-29)46-41-18-10-8-16-37(41)39-27-32(20-22-43(39)46)31-19-21-42-38(26-31)36-15-7-9-17-40(36)45(42)34-13-5-2-6-14-34;1-3-7-31-27(5-1)29-21-23(9-11-33(29)37(31)25-13-17-35-18-14-25)24-10-12-34-30(22-24)28-6-2-4-8-32(28)38(34)26-15-19-36-20-16-26/h1-31H;1-27H;1-22H. The molecule has 18 aromatic carbocycles. The molecule has 27 rings (SSSR count). The van der Waals surface area contributed by atoms with Gasteiger partial charge >= 0.3 is 0 Å². The van der Waals surface area contributed by atoms with Crippen molar-refractivity contribution in [2.45, 2.75) is 0 Å². The van der Waals surface area contributed by atoms with Gasteiger partial charge in [-0.3, -0.25) is 14.5 Å². The molecule has 0 fully saturated rings. The van der Waals surface area contributed by atoms with Crippen molar-refractivity contribution < 1.29 is 0 Å². The van der Waals surface area contributed by atoms with Crippen LogP contribution < -0.4 is 0 Å². The van der Waals surface area contributed by atoms with Crippen molar-refractivity contribution in [1.82, 2.24) is 42.4 Å². The highest BCUT2D eigenvalue weighted by atomic mass is 15.1. The van der Waals surface area contributed by atoms with Crippen LogP contribution in [-0.2, 0) is 0 Å². The Kier molecular flexibility index (Phi) is 19.1. The van der Waals surface area contributed by atoms with E-state index >= 15 is 0 Å². The molecular formula is C124H80N10. The zero-order valence-electron chi connectivity index (χ0n) is 72.7. The lowest BCUT2D eigenvalue weighted by Gasteiger charge is -2.13. The highest BCUT2D eigenvalue weighted by molar-refractivity contribution is 6.17. The van der Waals surface area contributed by atoms with Crippen molar-refractivity contribution in [1.29, 1.82) is 5.26 Å². The monoisotopic (exact) mass is 1710 g/mol. The number of benzene rings is 18. The largest absolute Gasteiger partial charge is 0.309 e. The Hall–Kier alpha value is -18.3. The Balaban J connectivity index is 0.000000108. The fourth-order valence-corrected chi connectivity index (χ4v) is 20.5. The molecule has 10 nitrogen and oxygen atoms in total. The van der Waals surface area contributed by atoms with Gasteiger partial charge in [-0.25, -0.2) is 4.98 Å². The Morgan fingerprint density at radius 3 is 0.724 bits per heavy atom. The summed E-state index contributed by atoms with van der Waals surface area (Å²) in [6, 6.07) is 167. The molecule has 0 saturated heterocycles. The number of hydrogen-bond donors (Lipinski definition) is 0. The first kappa shape index (κ1) is 78.0. The first-order valence-electron chi connectivity index (χ1n) is 45.3. The molecule has 0 unspecified atom stereocenters. The summed E-state index contributed by atoms with van der Waals surface area (Å²) >= 11 is 0. The summed E-state index contributed by atoms with van der Waals surface area (Å²) in [5.74, 6) is 0.902. The van der Waals surface area contributed by atoms with Gasteiger partial charge in [0.15, 0.2) is 0 Å². The van der Waals surface area contributed by atoms with Crippen LogP contribution in [0.4, 0.5) is 0 Å². The number of rotatable bonds is 12. The van der Waals surface area contributed by atoms with E-state index in [1.165, 1.54) is 153 Å². The first-order valence-corrected chi connectivity index (χ1v) is 45.3. The highest BCUT2D eigenvalue weighted by Gasteiger charge is 2.24. The second-order valence-corrected chi connectivity index (χ2v) is 34.2. The molecule has 10 heteroatoms. The van der Waals surface area contributed by atoms with Gasteiger partial charge in [0.25, 0.3) is 0 Å². The average molecular weight is 1710 g/mol. The minimum Gasteiger partial charge on any atom is -0.309 e. The van der Waals surface area contributed by atoms with E-state index in [0.717, 1.165) is 78.6 Å². The predicted molar refractivity (Wildman–Crippen MR) is 556 cm³/mol. The third-order valence-corrected chi connectivity index (χ3v) is 26.5. The van der Waals surface area contributed by atoms with Crippen molar-refractivity contribution in [3.63, 3.8) is 0 Å². The number of nitrogens with zero attached hydrogens (tertiary/aromatic N) is 10. The van der Waals surface area contributed by atoms with Gasteiger partial charge in [-0.05, 0) is 244 Å². The summed E-state index contributed by atoms with van der Waals surface area (Å²) < 4.78 is 14.0. The lowest BCUT2D eigenvalue weighted by atomic mass is 10.0. The van der Waals surface area contributed by atoms with Crippen LogP contribution in [0.25, 0.3) is 232 Å². The smallest absolute Gasteiger partial charge is 0.138 e. The van der Waals surface area contributed by atoms with Crippen molar-refractivity contribution in [2.75, 3.05) is 0 Å². The maximum Gasteiger partial charge on any atom is 0.138 e. The van der Waals surface area contributed by atoms with Gasteiger partial charge < -0.3 is 22.8 Å². The molecular weight excluding hydrogens is 1630 g/mol. The van der Waals surface area contributed by atoms with E-state index in [0.29, 0.717) is 5.56 Å². The van der Waals surface area contributed by atoms with Crippen LogP contribution in [0.5, 0.6) is 0 Å². The van der Waals surface area contributed by atoms with E-state index in [-0.39, 0.29) is 0 Å². The van der Waals surface area contributed by atoms with E-state index in [4.69, 9.17) is 4.98 Å². The summed E-state index contributed by atoms with van der Waals surface area (Å²) in [4.78, 5) is 13.7. The Morgan fingerprint density at radius 1 is 0.164 bits per heavy atom. The van der Waals surface area contributed by atoms with Gasteiger partial charge in [0.05, 0.1) is 83.5 Å². The minimum absolute atomic E-state index is 0.641. The molecule has 0 radical (unpaired) electrons. The third kappa shape index (κ3) is 13.4. The van der Waals surface area contributed by atoms with E-state index in [1.54, 1.807) is 0 Å². The number of para-hydroxylation sites is 8. The lowest BCUT2D eigenvalue weighted by molar-refractivity contribution is 1.08. The van der Waals surface area contributed by atoms with E-state index in [9.17, 15) is 5.26 Å². The Bertz CT molecular complexity index is 9090. The highest BCUT2D eigenvalue weighted by Crippen LogP contribution is 2.45. The van der Waals surface area contributed by atoms with E-state index in [1.807, 2.05) is 55.1 Å². The summed E-state index contributed by atoms with van der Waals surface area (Å²) in [5.41, 5.74) is 33.9. The third-order valence-electron chi connectivity index (χ3n) is 26.5. The normalized spacial score (nSPS) is 11.6. The van der Waals surface area contributed by atoms with Crippen molar-refractivity contribution in [2.24, 2.45) is 0 Å². The van der Waals surface area contributed by atoms with Crippen molar-refractivity contribution in [3.8, 4) is 107 Å². The molecule has 0 bridgehead atoms. The lowest BCUT2D eigenvalue weighted by Crippen LogP contribution is -2.00. The molecule has 0 spiro atoms. The first-order chi connectivity index (χ1) is 66.4. The molecule has 0 aliphatic carbocycles. The van der Waals surface area contributed by atoms with Crippen molar-refractivity contribution >= 4 is 131 Å². The minimum atomic E-state index is 0.641. The fourth-order valence-electron chi connectivity index (χ4n) is 20.5. The van der Waals surface area contributed by atoms with Gasteiger partial charge in [-0.2, -0.15) is 5.26 Å². The Labute approximate surface area is 771 Å². The van der Waals surface area contributed by atoms with Crippen LogP contribution in [0.1, 0.15) is 5.56 Å². The molecule has 626 valence electrons. The second-order valence-electron chi connectivity index (χ2n) is 34.2. The van der Waals surface area contributed by atoms with Gasteiger partial charge in [0, 0.05) is 123 Å². The van der Waals surface area contributed by atoms with Crippen LogP contribution in [0.3, 0.4) is 0 Å². The molecule has 134 heavy (non-hydrogen) atoms. The predicted octanol–water partition coefficient (Wildman–Crippen LogP) is 31.7. The fraction of sp³-hybridized carbons (Fsp3) is 0. The molecule has 0 atom stereocenters. The topological polar surface area (TPSA) is 92.0 Å². The molecule has 9 heterocycles. The summed E-state index contributed by atoms with van der Waals surface area (Å²) in [5, 5.41) is 24.7. The molecule has 0 aliphatic heterocycles. The SMILES string of the molecule is N#Cc1cc(-c2ccccc2)cc(-n2c3ccccc3c3cc(-c4ccc5c(c4)c4ccccc4n5-c4ccccc4)ccc32)c1.c1ccc(-c2cc(-c3ccccc3)nc(-n3c4ccccc4c4cc(-c5ccc6c(c5)c5ccccc5n6-c5ccccc5)ccc43)c2)cc1.c1ccc2c(c1)c1cc(-c3ccc4c(c3)c3ccccc3n4-c3ccncc3)ccc1n2-c1ccncc1. The van der Waals surface area contributed by atoms with Gasteiger partial charge in [-0.1, -0.05) is 273 Å². The van der Waals surface area contributed by atoms with E-state index < -0.39 is 0 Å². The number of aromatic nitrogens is 9. The number of nitriles is 1. The van der Waals surface area contributed by atoms with E-state index in [2.05, 4.69) is 474 Å². The molecule has 0 saturated carbocycles. The number of hydrogen-bond acceptors (Lipinski definition) is 4. The number of pyridine rings is 3. The van der Waals surface area contributed by atoms with Gasteiger partial charge in [0.1, 0.15) is 5.82 Å². The van der Waals surface area contributed by atoms with Crippen LogP contribution in [0, 0.1) is 11.3 Å². The molecule has 9 aromatic heterocycles. The molecule has 0 aliphatic rings. The van der Waals surface area contributed by atoms with Crippen molar-refractivity contribution in [3.05, 3.63) is 491 Å². The Morgan fingerprint density at radius 2 is 0.410 bits per heavy atom. The van der Waals surface area contributed by atoms with Gasteiger partial charge in [0.2, 0.25) is 0 Å². The van der Waals surface area contributed by atoms with Gasteiger partial charge in [-0.15, -0.1) is 0 Å². The van der Waals surface area contributed by atoms with Crippen LogP contribution in [0.15, 0.2) is 486 Å². The maximum absolute atomic E-state index is 9.97. The zero-order valence-corrected chi connectivity index (χ0v) is 72.7. The van der Waals surface area contributed by atoms with Crippen LogP contribution >= 0.6 is 0 Å². The summed E-state index contributed by atoms with van der Waals surface area (Å²) in [6.07, 6.45) is 7.40. The zero-order chi connectivity index (χ0) is 88.7. The second kappa shape index (κ2) is 32.8. The number of fused-ring (bicyclic) bond motifs is 18. The molecule has 0 N–H and O–H groups in total. The van der Waals surface area contributed by atoms with Crippen LogP contribution in [-0.4, -0.2) is 42.4 Å². The average Bonchev–Trinajstić information content (AvgIpc) is 1.58. The molecule has 0 amide bonds. The summed E-state index contributed by atoms with van der Waals surface area (Å²) in [7, 11) is 0.